The van der Waals surface area contributed by atoms with Crippen molar-refractivity contribution in [2.24, 2.45) is 16.5 Å². The molecule has 0 aromatic heterocycles. The fraction of sp³-hybridized carbons (Fsp3) is 0.148. The first-order chi connectivity index (χ1) is 17.2. The summed E-state index contributed by atoms with van der Waals surface area (Å²) in [6.45, 7) is 4.36. The summed E-state index contributed by atoms with van der Waals surface area (Å²) in [5.74, 6) is 0.170. The molecule has 188 valence electrons. The smallest absolute Gasteiger partial charge is 0.316 e. The maximum Gasteiger partial charge on any atom is 0.316 e. The Morgan fingerprint density at radius 2 is 1.47 bits per heavy atom. The van der Waals surface area contributed by atoms with Crippen LogP contribution in [0.15, 0.2) is 90.4 Å². The number of nitrogens with two attached hydrogens (primary N) is 2. The molecule has 0 saturated carbocycles. The molecule has 0 radical (unpaired) electrons. The Hall–Kier alpha value is -4.63. The Morgan fingerprint density at radius 3 is 2.03 bits per heavy atom. The van der Waals surface area contributed by atoms with Crippen LogP contribution in [0.1, 0.15) is 5.56 Å². The lowest BCUT2D eigenvalue weighted by molar-refractivity contribution is -0.111. The monoisotopic (exact) mass is 487 g/mol. The second kappa shape index (κ2) is 13.9. The molecule has 3 aromatic carbocycles. The number of hydrogen-bond donors (Lipinski definition) is 5. The topological polar surface area (TPSA) is 138 Å². The summed E-state index contributed by atoms with van der Waals surface area (Å²) in [6, 6.07) is 22.2. The number of nitrogens with one attached hydrogen (secondary N) is 3. The van der Waals surface area contributed by atoms with Gasteiger partial charge in [0.1, 0.15) is 0 Å². The van der Waals surface area contributed by atoms with Crippen molar-refractivity contribution in [2.75, 3.05) is 37.1 Å². The molecule has 0 atom stereocenters. The molecular weight excluding hydrogens is 454 g/mol. The van der Waals surface area contributed by atoms with E-state index >= 15 is 0 Å². The van der Waals surface area contributed by atoms with Gasteiger partial charge in [-0.1, -0.05) is 43.0 Å². The zero-order chi connectivity index (χ0) is 26.5. The summed E-state index contributed by atoms with van der Waals surface area (Å²) < 4.78 is 0. The molecular formula is C27H33N7O2. The average Bonchev–Trinajstić information content (AvgIpc) is 2.85. The molecule has 7 N–H and O–H groups in total. The van der Waals surface area contributed by atoms with E-state index in [1.54, 1.807) is 25.2 Å². The van der Waals surface area contributed by atoms with Gasteiger partial charge in [0.25, 0.3) is 0 Å². The van der Waals surface area contributed by atoms with Gasteiger partial charge in [-0.05, 0) is 73.3 Å². The van der Waals surface area contributed by atoms with Crippen LogP contribution in [-0.4, -0.2) is 43.9 Å². The van der Waals surface area contributed by atoms with E-state index in [4.69, 9.17) is 11.5 Å². The number of guanidine groups is 1. The Balaban J connectivity index is 0.000000269. The summed E-state index contributed by atoms with van der Waals surface area (Å²) in [5, 5.41) is 8.19. The van der Waals surface area contributed by atoms with Crippen molar-refractivity contribution in [1.29, 1.82) is 0 Å². The predicted molar refractivity (Wildman–Crippen MR) is 149 cm³/mol. The lowest BCUT2D eigenvalue weighted by atomic mass is 10.0. The largest absolute Gasteiger partial charge is 0.370 e. The number of benzene rings is 3. The van der Waals surface area contributed by atoms with Crippen molar-refractivity contribution < 1.29 is 9.59 Å². The minimum Gasteiger partial charge on any atom is -0.370 e. The van der Waals surface area contributed by atoms with Crippen molar-refractivity contribution >= 4 is 35.0 Å². The molecule has 3 rings (SSSR count). The Morgan fingerprint density at radius 1 is 0.861 bits per heavy atom. The summed E-state index contributed by atoms with van der Waals surface area (Å²) in [5.41, 5.74) is 16.1. The number of rotatable bonds is 7. The SMILES string of the molecule is C=CC(=O)Nc1cccc(-c2ccc(NC(N)=O)cc2)c1.CN=C(N)Nc1ccc(CN(C)C)cc1. The first-order valence-corrected chi connectivity index (χ1v) is 11.1. The van der Waals surface area contributed by atoms with E-state index in [-0.39, 0.29) is 5.91 Å². The van der Waals surface area contributed by atoms with E-state index in [1.165, 1.54) is 11.6 Å². The molecule has 9 heteroatoms. The van der Waals surface area contributed by atoms with E-state index in [0.29, 0.717) is 17.3 Å². The van der Waals surface area contributed by atoms with Crippen molar-refractivity contribution in [3.05, 3.63) is 91.0 Å². The number of amides is 3. The second-order valence-electron chi connectivity index (χ2n) is 8.01. The number of carbonyl (C=O) groups excluding carboxylic acids is 2. The number of urea groups is 1. The van der Waals surface area contributed by atoms with Crippen LogP contribution in [0, 0.1) is 0 Å². The zero-order valence-corrected chi connectivity index (χ0v) is 20.8. The number of carbonyl (C=O) groups is 2. The van der Waals surface area contributed by atoms with Crippen molar-refractivity contribution in [2.45, 2.75) is 6.54 Å². The normalized spacial score (nSPS) is 10.6. The Labute approximate surface area is 211 Å². The fourth-order valence-electron chi connectivity index (χ4n) is 3.12. The first kappa shape index (κ1) is 27.6. The van der Waals surface area contributed by atoms with Crippen molar-refractivity contribution in [3.63, 3.8) is 0 Å². The Kier molecular flexibility index (Phi) is 10.7. The summed E-state index contributed by atoms with van der Waals surface area (Å²) in [4.78, 5) is 28.0. The van der Waals surface area contributed by atoms with Gasteiger partial charge in [0.2, 0.25) is 5.91 Å². The van der Waals surface area contributed by atoms with Gasteiger partial charge < -0.3 is 32.3 Å². The van der Waals surface area contributed by atoms with Gasteiger partial charge in [-0.2, -0.15) is 0 Å². The second-order valence-corrected chi connectivity index (χ2v) is 8.01. The van der Waals surface area contributed by atoms with E-state index in [2.05, 4.69) is 44.6 Å². The van der Waals surface area contributed by atoms with Crippen molar-refractivity contribution in [1.82, 2.24) is 4.90 Å². The number of primary amides is 1. The first-order valence-electron chi connectivity index (χ1n) is 11.1. The molecule has 0 bridgehead atoms. The van der Waals surface area contributed by atoms with Crippen LogP contribution in [0.2, 0.25) is 0 Å². The number of hydrogen-bond acceptors (Lipinski definition) is 4. The molecule has 0 heterocycles. The van der Waals surface area contributed by atoms with Crippen molar-refractivity contribution in [3.8, 4) is 11.1 Å². The molecule has 0 saturated heterocycles. The van der Waals surface area contributed by atoms with E-state index < -0.39 is 6.03 Å². The Bertz CT molecular complexity index is 1190. The lowest BCUT2D eigenvalue weighted by Gasteiger charge is -2.10. The highest BCUT2D eigenvalue weighted by atomic mass is 16.2. The third-order valence-corrected chi connectivity index (χ3v) is 4.77. The standard InChI is InChI=1S/C16H15N3O2.C11H18N4/c1-2-15(20)18-14-5-3-4-12(10-14)11-6-8-13(9-7-11)19-16(17)21;1-13-11(12)14-10-6-4-9(5-7-10)8-15(2)3/h2-10H,1H2,(H,18,20)(H3,17,19,21);4-7H,8H2,1-3H3,(H3,12,13,14). The summed E-state index contributed by atoms with van der Waals surface area (Å²) >= 11 is 0. The van der Waals surface area contributed by atoms with E-state index in [9.17, 15) is 9.59 Å². The van der Waals surface area contributed by atoms with Gasteiger partial charge in [-0.25, -0.2) is 4.79 Å². The maximum atomic E-state index is 11.3. The van der Waals surface area contributed by atoms with Gasteiger partial charge in [0.15, 0.2) is 5.96 Å². The fourth-order valence-corrected chi connectivity index (χ4v) is 3.12. The van der Waals surface area contributed by atoms with Gasteiger partial charge in [0.05, 0.1) is 0 Å². The highest BCUT2D eigenvalue weighted by molar-refractivity contribution is 5.99. The molecule has 9 nitrogen and oxygen atoms in total. The van der Waals surface area contributed by atoms with Crippen LogP contribution in [0.25, 0.3) is 11.1 Å². The average molecular weight is 488 g/mol. The van der Waals surface area contributed by atoms with Crippen LogP contribution in [0.3, 0.4) is 0 Å². The van der Waals surface area contributed by atoms with Crippen LogP contribution in [0.4, 0.5) is 21.9 Å². The van der Waals surface area contributed by atoms with Gasteiger partial charge >= 0.3 is 6.03 Å². The van der Waals surface area contributed by atoms with Gasteiger partial charge in [0, 0.05) is 30.7 Å². The van der Waals surface area contributed by atoms with Crippen LogP contribution in [0.5, 0.6) is 0 Å². The highest BCUT2D eigenvalue weighted by Crippen LogP contribution is 2.24. The molecule has 3 aromatic rings. The molecule has 36 heavy (non-hydrogen) atoms. The quantitative estimate of drug-likeness (QED) is 0.194. The molecule has 0 aliphatic heterocycles. The molecule has 0 aliphatic rings. The highest BCUT2D eigenvalue weighted by Gasteiger charge is 2.02. The number of nitrogens with zero attached hydrogens (tertiary/aromatic N) is 2. The predicted octanol–water partition coefficient (Wildman–Crippen LogP) is 4.07. The minimum atomic E-state index is -0.600. The molecule has 3 amide bonds. The van der Waals surface area contributed by atoms with Crippen LogP contribution >= 0.6 is 0 Å². The van der Waals surface area contributed by atoms with Gasteiger partial charge in [-0.15, -0.1) is 0 Å². The van der Waals surface area contributed by atoms with Crippen LogP contribution in [-0.2, 0) is 11.3 Å². The van der Waals surface area contributed by atoms with Crippen LogP contribution < -0.4 is 27.4 Å². The third kappa shape index (κ3) is 9.70. The zero-order valence-electron chi connectivity index (χ0n) is 20.8. The molecule has 0 aliphatic carbocycles. The third-order valence-electron chi connectivity index (χ3n) is 4.77. The lowest BCUT2D eigenvalue weighted by Crippen LogP contribution is -2.21. The summed E-state index contributed by atoms with van der Waals surface area (Å²) in [6.07, 6.45) is 1.22. The van der Waals surface area contributed by atoms with E-state index in [1.807, 2.05) is 56.6 Å². The number of aliphatic imine (C=N–C) groups is 1. The molecule has 0 fully saturated rings. The molecule has 0 unspecified atom stereocenters. The maximum absolute atomic E-state index is 11.3. The minimum absolute atomic E-state index is 0.256. The van der Waals surface area contributed by atoms with Gasteiger partial charge in [-0.3, -0.25) is 9.79 Å². The van der Waals surface area contributed by atoms with E-state index in [0.717, 1.165) is 23.4 Å². The molecule has 0 spiro atoms. The summed E-state index contributed by atoms with van der Waals surface area (Å²) in [7, 11) is 5.75. The number of anilines is 3.